The van der Waals surface area contributed by atoms with E-state index in [-0.39, 0.29) is 5.76 Å². The van der Waals surface area contributed by atoms with Crippen molar-refractivity contribution in [1.82, 2.24) is 4.90 Å². The molecule has 0 amide bonds. The molecule has 0 fully saturated rings. The van der Waals surface area contributed by atoms with E-state index in [4.69, 9.17) is 9.68 Å². The first-order valence-corrected chi connectivity index (χ1v) is 4.84. The molecule has 4 nitrogen and oxygen atoms in total. The standard InChI is InChI=1S/C12H11N3O/c1-15(2)8-14-12-9-5-3-4-6-10(9)16-11(12)7-13/h3-6,8H,1-2H3. The van der Waals surface area contributed by atoms with Crippen LogP contribution in [0.4, 0.5) is 5.69 Å². The maximum absolute atomic E-state index is 8.95. The van der Waals surface area contributed by atoms with Crippen LogP contribution in [0.15, 0.2) is 33.7 Å². The average Bonchev–Trinajstić information content (AvgIpc) is 2.64. The molecule has 0 bridgehead atoms. The zero-order valence-corrected chi connectivity index (χ0v) is 9.14. The molecular weight excluding hydrogens is 202 g/mol. The monoisotopic (exact) mass is 213 g/mol. The number of hydrogen-bond donors (Lipinski definition) is 0. The van der Waals surface area contributed by atoms with Crippen molar-refractivity contribution in [3.63, 3.8) is 0 Å². The summed E-state index contributed by atoms with van der Waals surface area (Å²) >= 11 is 0. The molecule has 80 valence electrons. The van der Waals surface area contributed by atoms with Crippen molar-refractivity contribution in [3.8, 4) is 6.07 Å². The first kappa shape index (κ1) is 10.2. The van der Waals surface area contributed by atoms with Crippen LogP contribution in [0.3, 0.4) is 0 Å². The Morgan fingerprint density at radius 3 is 2.81 bits per heavy atom. The number of rotatable bonds is 2. The molecule has 1 heterocycles. The Balaban J connectivity index is 2.61. The third kappa shape index (κ3) is 1.75. The van der Waals surface area contributed by atoms with Crippen molar-refractivity contribution >= 4 is 23.0 Å². The van der Waals surface area contributed by atoms with Crippen molar-refractivity contribution < 1.29 is 4.42 Å². The third-order valence-corrected chi connectivity index (χ3v) is 2.09. The predicted octanol–water partition coefficient (Wildman–Crippen LogP) is 2.53. The second kappa shape index (κ2) is 4.07. The van der Waals surface area contributed by atoms with E-state index < -0.39 is 0 Å². The van der Waals surface area contributed by atoms with Gasteiger partial charge in [-0.25, -0.2) is 4.99 Å². The summed E-state index contributed by atoms with van der Waals surface area (Å²) in [4.78, 5) is 6.06. The highest BCUT2D eigenvalue weighted by molar-refractivity contribution is 5.93. The lowest BCUT2D eigenvalue weighted by molar-refractivity contribution is 0.599. The van der Waals surface area contributed by atoms with E-state index in [0.717, 1.165) is 5.39 Å². The minimum absolute atomic E-state index is 0.249. The largest absolute Gasteiger partial charge is 0.443 e. The van der Waals surface area contributed by atoms with Crippen molar-refractivity contribution in [2.75, 3.05) is 14.1 Å². The maximum Gasteiger partial charge on any atom is 0.230 e. The average molecular weight is 213 g/mol. The van der Waals surface area contributed by atoms with Gasteiger partial charge in [-0.15, -0.1) is 0 Å². The van der Waals surface area contributed by atoms with E-state index in [1.807, 2.05) is 49.3 Å². The van der Waals surface area contributed by atoms with E-state index in [9.17, 15) is 0 Å². The highest BCUT2D eigenvalue weighted by Gasteiger charge is 2.11. The van der Waals surface area contributed by atoms with Crippen molar-refractivity contribution in [2.45, 2.75) is 0 Å². The molecule has 0 spiro atoms. The first-order valence-electron chi connectivity index (χ1n) is 4.84. The summed E-state index contributed by atoms with van der Waals surface area (Å²) in [7, 11) is 3.75. The summed E-state index contributed by atoms with van der Waals surface area (Å²) in [6.07, 6.45) is 1.65. The Kier molecular flexibility index (Phi) is 2.61. The zero-order valence-electron chi connectivity index (χ0n) is 9.14. The number of para-hydroxylation sites is 1. The Labute approximate surface area is 93.4 Å². The summed E-state index contributed by atoms with van der Waals surface area (Å²) in [5, 5.41) is 9.81. The van der Waals surface area contributed by atoms with E-state index in [1.165, 1.54) is 0 Å². The van der Waals surface area contributed by atoms with E-state index in [2.05, 4.69) is 4.99 Å². The van der Waals surface area contributed by atoms with Gasteiger partial charge in [0.2, 0.25) is 5.76 Å². The lowest BCUT2D eigenvalue weighted by Crippen LogP contribution is -2.06. The molecule has 0 saturated carbocycles. The summed E-state index contributed by atoms with van der Waals surface area (Å²) < 4.78 is 5.39. The van der Waals surface area contributed by atoms with Crippen LogP contribution in [0.5, 0.6) is 0 Å². The molecule has 0 unspecified atom stereocenters. The van der Waals surface area contributed by atoms with Crippen LogP contribution in [0.2, 0.25) is 0 Å². The van der Waals surface area contributed by atoms with Crippen LogP contribution in [-0.4, -0.2) is 25.3 Å². The SMILES string of the molecule is CN(C)C=Nc1c(C#N)oc2ccccc12. The lowest BCUT2D eigenvalue weighted by atomic mass is 10.2. The quantitative estimate of drug-likeness (QED) is 0.569. The van der Waals surface area contributed by atoms with E-state index in [1.54, 1.807) is 6.34 Å². The molecule has 1 aromatic heterocycles. The molecule has 1 aromatic carbocycles. The molecule has 0 aliphatic rings. The fraction of sp³-hybridized carbons (Fsp3) is 0.167. The molecule has 16 heavy (non-hydrogen) atoms. The number of benzene rings is 1. The number of aliphatic imine (C=N–C) groups is 1. The van der Waals surface area contributed by atoms with Crippen molar-refractivity contribution in [1.29, 1.82) is 5.26 Å². The lowest BCUT2D eigenvalue weighted by Gasteiger charge is -2.01. The van der Waals surface area contributed by atoms with Gasteiger partial charge in [0.05, 0.1) is 6.34 Å². The third-order valence-electron chi connectivity index (χ3n) is 2.09. The summed E-state index contributed by atoms with van der Waals surface area (Å²) in [6.45, 7) is 0. The molecule has 0 saturated heterocycles. The Hall–Kier alpha value is -2.28. The van der Waals surface area contributed by atoms with Crippen LogP contribution in [-0.2, 0) is 0 Å². The Morgan fingerprint density at radius 1 is 1.38 bits per heavy atom. The minimum Gasteiger partial charge on any atom is -0.443 e. The van der Waals surface area contributed by atoms with Crippen LogP contribution >= 0.6 is 0 Å². The van der Waals surface area contributed by atoms with E-state index in [0.29, 0.717) is 11.3 Å². The number of furan rings is 1. The van der Waals surface area contributed by atoms with Crippen LogP contribution in [0.1, 0.15) is 5.76 Å². The zero-order chi connectivity index (χ0) is 11.5. The molecule has 0 aliphatic carbocycles. The highest BCUT2D eigenvalue weighted by atomic mass is 16.3. The van der Waals surface area contributed by atoms with Crippen LogP contribution in [0.25, 0.3) is 11.0 Å². The van der Waals surface area contributed by atoms with Gasteiger partial charge in [0.1, 0.15) is 17.3 Å². The number of fused-ring (bicyclic) bond motifs is 1. The molecule has 0 N–H and O–H groups in total. The Morgan fingerprint density at radius 2 is 2.12 bits per heavy atom. The van der Waals surface area contributed by atoms with Crippen LogP contribution in [0, 0.1) is 11.3 Å². The smallest absolute Gasteiger partial charge is 0.230 e. The number of nitriles is 1. The van der Waals surface area contributed by atoms with Gasteiger partial charge in [0.15, 0.2) is 0 Å². The predicted molar refractivity (Wildman–Crippen MR) is 62.8 cm³/mol. The van der Waals surface area contributed by atoms with Gasteiger partial charge in [-0.05, 0) is 12.1 Å². The van der Waals surface area contributed by atoms with Crippen molar-refractivity contribution in [2.24, 2.45) is 4.99 Å². The molecule has 2 aromatic rings. The molecule has 4 heteroatoms. The summed E-state index contributed by atoms with van der Waals surface area (Å²) in [6, 6.07) is 9.49. The molecule has 0 aliphatic heterocycles. The topological polar surface area (TPSA) is 52.5 Å². The van der Waals surface area contributed by atoms with Crippen LogP contribution < -0.4 is 0 Å². The molecular formula is C12H11N3O. The highest BCUT2D eigenvalue weighted by Crippen LogP contribution is 2.32. The fourth-order valence-corrected chi connectivity index (χ4v) is 1.41. The molecule has 0 atom stereocenters. The van der Waals surface area contributed by atoms with Gasteiger partial charge in [-0.1, -0.05) is 12.1 Å². The molecule has 2 rings (SSSR count). The Bertz CT molecular complexity index is 575. The van der Waals surface area contributed by atoms with Gasteiger partial charge < -0.3 is 9.32 Å². The molecule has 0 radical (unpaired) electrons. The fourth-order valence-electron chi connectivity index (χ4n) is 1.41. The van der Waals surface area contributed by atoms with Gasteiger partial charge in [0.25, 0.3) is 0 Å². The summed E-state index contributed by atoms with van der Waals surface area (Å²) in [5.41, 5.74) is 1.27. The number of nitrogens with zero attached hydrogens (tertiary/aromatic N) is 3. The normalized spacial score (nSPS) is 10.8. The second-order valence-corrected chi connectivity index (χ2v) is 3.60. The van der Waals surface area contributed by atoms with Crippen molar-refractivity contribution in [3.05, 3.63) is 30.0 Å². The maximum atomic E-state index is 8.95. The van der Waals surface area contributed by atoms with Gasteiger partial charge in [-0.2, -0.15) is 5.26 Å². The first-order chi connectivity index (χ1) is 7.72. The van der Waals surface area contributed by atoms with E-state index >= 15 is 0 Å². The second-order valence-electron chi connectivity index (χ2n) is 3.60. The summed E-state index contributed by atoms with van der Waals surface area (Å²) in [5.74, 6) is 0.249. The van der Waals surface area contributed by atoms with Gasteiger partial charge in [-0.3, -0.25) is 0 Å². The van der Waals surface area contributed by atoms with Gasteiger partial charge >= 0.3 is 0 Å². The van der Waals surface area contributed by atoms with Gasteiger partial charge in [0, 0.05) is 19.5 Å². The minimum atomic E-state index is 0.249. The number of hydrogen-bond acceptors (Lipinski definition) is 3.